The van der Waals surface area contributed by atoms with E-state index in [1.807, 2.05) is 42.5 Å². The smallest absolute Gasteiger partial charge is 0.153 e. The maximum Gasteiger partial charge on any atom is 0.153 e. The summed E-state index contributed by atoms with van der Waals surface area (Å²) in [5.74, 6) is 0.841. The molecule has 0 aromatic heterocycles. The Morgan fingerprint density at radius 2 is 1.17 bits per heavy atom. The summed E-state index contributed by atoms with van der Waals surface area (Å²) in [6, 6.07) is 26.6. The van der Waals surface area contributed by atoms with Crippen LogP contribution in [0.15, 0.2) is 86.3 Å². The predicted octanol–water partition coefficient (Wildman–Crippen LogP) is 9.61. The Morgan fingerprint density at radius 3 is 1.76 bits per heavy atom. The molecule has 4 aromatic rings. The quantitative estimate of drug-likeness (QED) is 0.117. The van der Waals surface area contributed by atoms with Gasteiger partial charge >= 0.3 is 0 Å². The molecule has 0 amide bonds. The molecule has 2 N–H and O–H groups in total. The van der Waals surface area contributed by atoms with Crippen molar-refractivity contribution in [3.05, 3.63) is 77.9 Å². The number of nitrogen functional groups attached to an aromatic ring is 1. The number of nitrogens with two attached hydrogens (primary N) is 1. The summed E-state index contributed by atoms with van der Waals surface area (Å²) in [6.45, 7) is 5.17. The van der Waals surface area contributed by atoms with E-state index in [0.29, 0.717) is 30.4 Å². The van der Waals surface area contributed by atoms with Gasteiger partial charge < -0.3 is 15.2 Å². The lowest BCUT2D eigenvalue weighted by atomic mass is 10.1. The molecular weight excluding hydrogens is 547 g/mol. The van der Waals surface area contributed by atoms with Gasteiger partial charge in [0.2, 0.25) is 0 Å². The minimum absolute atomic E-state index is 0.203. The molecule has 0 saturated carbocycles. The van der Waals surface area contributed by atoms with Crippen LogP contribution in [0.3, 0.4) is 0 Å². The molecule has 0 heterocycles. The predicted molar refractivity (Wildman–Crippen MR) is 169 cm³/mol. The molecule has 0 unspecified atom stereocenters. The Hall–Kier alpha value is -3.78. The Labute approximate surface area is 251 Å². The minimum Gasteiger partial charge on any atom is -0.491 e. The van der Waals surface area contributed by atoms with Crippen LogP contribution >= 0.6 is 23.5 Å². The van der Waals surface area contributed by atoms with E-state index in [0.717, 1.165) is 68.9 Å². The van der Waals surface area contributed by atoms with E-state index >= 15 is 0 Å². The fraction of sp³-hybridized carbons (Fsp3) is 0.294. The normalized spacial score (nSPS) is 10.7. The third-order valence-corrected chi connectivity index (χ3v) is 9.11. The molecule has 7 heteroatoms. The number of nitrogens with zero attached hydrogens (tertiary/aromatic N) is 2. The van der Waals surface area contributed by atoms with Gasteiger partial charge in [-0.1, -0.05) is 112 Å². The van der Waals surface area contributed by atoms with Gasteiger partial charge in [0.25, 0.3) is 0 Å². The number of para-hydroxylation sites is 1. The highest BCUT2D eigenvalue weighted by molar-refractivity contribution is 8.02. The number of rotatable bonds is 14. The molecule has 0 aliphatic rings. The number of ether oxygens (including phenoxy) is 2. The van der Waals surface area contributed by atoms with Gasteiger partial charge in [-0.05, 0) is 41.8 Å². The lowest BCUT2D eigenvalue weighted by Crippen LogP contribution is -2.08. The molecule has 0 aliphatic heterocycles. The van der Waals surface area contributed by atoms with E-state index in [2.05, 4.69) is 50.3 Å². The van der Waals surface area contributed by atoms with Crippen LogP contribution in [0.2, 0.25) is 0 Å². The van der Waals surface area contributed by atoms with Crippen molar-refractivity contribution in [3.63, 3.8) is 0 Å². The Bertz CT molecular complexity index is 1570. The first-order valence-electron chi connectivity index (χ1n) is 14.1. The van der Waals surface area contributed by atoms with Gasteiger partial charge in [0.1, 0.15) is 23.3 Å². The van der Waals surface area contributed by atoms with Crippen LogP contribution in [0.5, 0.6) is 11.5 Å². The Balaban J connectivity index is 1.97. The maximum atomic E-state index is 10.4. The number of hydrogen-bond acceptors (Lipinski definition) is 7. The summed E-state index contributed by atoms with van der Waals surface area (Å²) in [7, 11) is 0. The molecule has 41 heavy (non-hydrogen) atoms. The maximum absolute atomic E-state index is 10.4. The van der Waals surface area contributed by atoms with Crippen molar-refractivity contribution in [2.45, 2.75) is 72.0 Å². The molecule has 5 nitrogen and oxygen atoms in total. The van der Waals surface area contributed by atoms with Crippen molar-refractivity contribution in [1.82, 2.24) is 0 Å². The highest BCUT2D eigenvalue weighted by Gasteiger charge is 2.29. The summed E-state index contributed by atoms with van der Waals surface area (Å²) >= 11 is 2.99. The van der Waals surface area contributed by atoms with Crippen LogP contribution in [0.4, 0.5) is 5.69 Å². The van der Waals surface area contributed by atoms with Gasteiger partial charge in [0.15, 0.2) is 11.5 Å². The number of benzene rings is 4. The number of nitriles is 2. The largest absolute Gasteiger partial charge is 0.491 e. The van der Waals surface area contributed by atoms with Gasteiger partial charge in [-0.15, -0.1) is 0 Å². The third kappa shape index (κ3) is 7.30. The Kier molecular flexibility index (Phi) is 11.3. The van der Waals surface area contributed by atoms with Crippen molar-refractivity contribution in [2.24, 2.45) is 0 Å². The van der Waals surface area contributed by atoms with Crippen LogP contribution in [-0.4, -0.2) is 13.2 Å². The average Bonchev–Trinajstić information content (AvgIpc) is 3.00. The summed E-state index contributed by atoms with van der Waals surface area (Å²) in [4.78, 5) is 3.36. The van der Waals surface area contributed by atoms with Crippen molar-refractivity contribution in [2.75, 3.05) is 18.9 Å². The molecule has 0 radical (unpaired) electrons. The van der Waals surface area contributed by atoms with Gasteiger partial charge in [0, 0.05) is 15.5 Å². The lowest BCUT2D eigenvalue weighted by Gasteiger charge is -2.22. The standard InChI is InChI=1S/C34H35N3O2S2/c1-3-5-11-20-38-31-26(22-35)27(23-36)32(39-21-12-6-4-2)34(41-30-18-10-9-17-28(30)37)33(31)40-29-19-13-15-24-14-7-8-16-25(24)29/h7-10,13-19H,3-6,11-12,20-21,37H2,1-2H3. The molecule has 0 spiro atoms. The van der Waals surface area contributed by atoms with E-state index in [1.165, 1.54) is 23.5 Å². The summed E-state index contributed by atoms with van der Waals surface area (Å²) in [5.41, 5.74) is 7.44. The van der Waals surface area contributed by atoms with Crippen LogP contribution in [0, 0.1) is 22.7 Å². The fourth-order valence-corrected chi connectivity index (χ4v) is 6.81. The third-order valence-electron chi connectivity index (χ3n) is 6.63. The average molecular weight is 582 g/mol. The van der Waals surface area contributed by atoms with Crippen molar-refractivity contribution < 1.29 is 9.47 Å². The second-order valence-electron chi connectivity index (χ2n) is 9.62. The van der Waals surface area contributed by atoms with E-state index in [4.69, 9.17) is 15.2 Å². The number of unbranched alkanes of at least 4 members (excludes halogenated alkanes) is 4. The topological polar surface area (TPSA) is 92.1 Å². The number of anilines is 1. The van der Waals surface area contributed by atoms with Crippen LogP contribution in [0.25, 0.3) is 10.8 Å². The molecule has 4 aromatic carbocycles. The molecular formula is C34H35N3O2S2. The summed E-state index contributed by atoms with van der Waals surface area (Å²) < 4.78 is 12.8. The SMILES string of the molecule is CCCCCOc1c(C#N)c(C#N)c(OCCCCC)c(Sc2cccc3ccccc23)c1Sc1ccccc1N. The van der Waals surface area contributed by atoms with Crippen molar-refractivity contribution in [3.8, 4) is 23.6 Å². The van der Waals surface area contributed by atoms with Crippen LogP contribution < -0.4 is 15.2 Å². The second kappa shape index (κ2) is 15.3. The summed E-state index contributed by atoms with van der Waals surface area (Å²) in [6.07, 6.45) is 5.82. The number of fused-ring (bicyclic) bond motifs is 1. The van der Waals surface area contributed by atoms with Gasteiger partial charge in [-0.2, -0.15) is 10.5 Å². The molecule has 0 aliphatic carbocycles. The van der Waals surface area contributed by atoms with Gasteiger partial charge in [-0.3, -0.25) is 0 Å². The molecule has 0 saturated heterocycles. The van der Waals surface area contributed by atoms with Crippen LogP contribution in [0.1, 0.15) is 63.5 Å². The molecule has 0 fully saturated rings. The van der Waals surface area contributed by atoms with Crippen LogP contribution in [-0.2, 0) is 0 Å². The molecule has 210 valence electrons. The van der Waals surface area contributed by atoms with E-state index < -0.39 is 0 Å². The zero-order valence-corrected chi connectivity index (χ0v) is 25.2. The van der Waals surface area contributed by atoms with Gasteiger partial charge in [-0.25, -0.2) is 0 Å². The Morgan fingerprint density at radius 1 is 0.659 bits per heavy atom. The van der Waals surface area contributed by atoms with Crippen molar-refractivity contribution >= 4 is 40.0 Å². The highest BCUT2D eigenvalue weighted by atomic mass is 32.2. The second-order valence-corrected chi connectivity index (χ2v) is 11.7. The fourth-order valence-electron chi connectivity index (χ4n) is 4.47. The first kappa shape index (κ1) is 30.2. The number of hydrogen-bond donors (Lipinski definition) is 1. The summed E-state index contributed by atoms with van der Waals surface area (Å²) in [5, 5.41) is 23.0. The minimum atomic E-state index is 0.203. The molecule has 0 atom stereocenters. The van der Waals surface area contributed by atoms with E-state index in [-0.39, 0.29) is 11.1 Å². The van der Waals surface area contributed by atoms with Gasteiger partial charge in [0.05, 0.1) is 23.0 Å². The molecule has 4 rings (SSSR count). The first-order chi connectivity index (χ1) is 20.1. The zero-order valence-electron chi connectivity index (χ0n) is 23.6. The molecule has 0 bridgehead atoms. The van der Waals surface area contributed by atoms with E-state index in [1.54, 1.807) is 0 Å². The lowest BCUT2D eigenvalue weighted by molar-refractivity contribution is 0.284. The monoisotopic (exact) mass is 581 g/mol. The zero-order chi connectivity index (χ0) is 29.0. The highest BCUT2D eigenvalue weighted by Crippen LogP contribution is 2.53. The first-order valence-corrected chi connectivity index (χ1v) is 15.7. The van der Waals surface area contributed by atoms with Crippen molar-refractivity contribution in [1.29, 1.82) is 10.5 Å². The van der Waals surface area contributed by atoms with E-state index in [9.17, 15) is 10.5 Å².